The predicted molar refractivity (Wildman–Crippen MR) is 131 cm³/mol. The van der Waals surface area contributed by atoms with E-state index in [1.165, 1.54) is 22.3 Å². The van der Waals surface area contributed by atoms with Gasteiger partial charge in [0.1, 0.15) is 13.2 Å². The topological polar surface area (TPSA) is 92.3 Å². The standard InChI is InChI=1S/C27H33NO7/c1-2-26(29)34-19-18-33-17-16-32-15-14-31-13-7-12-28-27(30)35-20-25-23-10-5-3-8-21(23)22-9-4-6-11-24(22)25/h2-6,8-11,25H,1,7,12-20H2,(H,28,30). The summed E-state index contributed by atoms with van der Waals surface area (Å²) >= 11 is 0. The summed E-state index contributed by atoms with van der Waals surface area (Å²) < 4.78 is 26.5. The number of rotatable bonds is 16. The van der Waals surface area contributed by atoms with E-state index in [4.69, 9.17) is 23.7 Å². The summed E-state index contributed by atoms with van der Waals surface area (Å²) in [6, 6.07) is 16.5. The van der Waals surface area contributed by atoms with Crippen LogP contribution in [-0.4, -0.2) is 71.5 Å². The van der Waals surface area contributed by atoms with Crippen LogP contribution in [0.15, 0.2) is 61.2 Å². The number of hydrogen-bond acceptors (Lipinski definition) is 7. The van der Waals surface area contributed by atoms with E-state index in [0.717, 1.165) is 6.08 Å². The molecule has 2 aromatic carbocycles. The number of esters is 1. The van der Waals surface area contributed by atoms with Gasteiger partial charge in [0.25, 0.3) is 0 Å². The van der Waals surface area contributed by atoms with E-state index in [1.54, 1.807) is 0 Å². The van der Waals surface area contributed by atoms with Gasteiger partial charge in [0.2, 0.25) is 0 Å². The van der Waals surface area contributed by atoms with Crippen LogP contribution in [0.3, 0.4) is 0 Å². The van der Waals surface area contributed by atoms with Gasteiger partial charge in [0.05, 0.1) is 33.0 Å². The third kappa shape index (κ3) is 8.51. The monoisotopic (exact) mass is 483 g/mol. The lowest BCUT2D eigenvalue weighted by atomic mass is 9.98. The molecule has 0 spiro atoms. The van der Waals surface area contributed by atoms with Crippen molar-refractivity contribution in [2.45, 2.75) is 12.3 Å². The van der Waals surface area contributed by atoms with Gasteiger partial charge in [-0.2, -0.15) is 0 Å². The Hall–Kier alpha value is -3.20. The van der Waals surface area contributed by atoms with Gasteiger partial charge in [-0.3, -0.25) is 0 Å². The van der Waals surface area contributed by atoms with Gasteiger partial charge >= 0.3 is 12.1 Å². The molecule has 0 aromatic heterocycles. The van der Waals surface area contributed by atoms with Crippen LogP contribution in [0.25, 0.3) is 11.1 Å². The van der Waals surface area contributed by atoms with E-state index in [9.17, 15) is 9.59 Å². The molecule has 35 heavy (non-hydrogen) atoms. The Morgan fingerprint density at radius 1 is 0.771 bits per heavy atom. The Morgan fingerprint density at radius 2 is 1.31 bits per heavy atom. The highest BCUT2D eigenvalue weighted by atomic mass is 16.6. The Bertz CT molecular complexity index is 917. The summed E-state index contributed by atoms with van der Waals surface area (Å²) in [5, 5.41) is 2.78. The van der Waals surface area contributed by atoms with Crippen molar-refractivity contribution in [2.75, 3.05) is 59.4 Å². The molecule has 1 aliphatic rings. The zero-order chi connectivity index (χ0) is 24.7. The SMILES string of the molecule is C=CC(=O)OCCOCCOCCOCCCNC(=O)OCC1c2ccccc2-c2ccccc21. The number of carbonyl (C=O) groups excluding carboxylic acids is 2. The summed E-state index contributed by atoms with van der Waals surface area (Å²) in [5.74, 6) is -0.410. The van der Waals surface area contributed by atoms with Crippen molar-refractivity contribution in [3.05, 3.63) is 72.3 Å². The number of benzene rings is 2. The molecule has 0 saturated heterocycles. The first-order valence-electron chi connectivity index (χ1n) is 11.8. The number of nitrogens with one attached hydrogen (secondary N) is 1. The lowest BCUT2D eigenvalue weighted by Gasteiger charge is -2.14. The maximum absolute atomic E-state index is 12.1. The zero-order valence-electron chi connectivity index (χ0n) is 19.9. The summed E-state index contributed by atoms with van der Waals surface area (Å²) in [5.41, 5.74) is 4.80. The third-order valence-electron chi connectivity index (χ3n) is 5.46. The van der Waals surface area contributed by atoms with E-state index in [-0.39, 0.29) is 12.5 Å². The minimum Gasteiger partial charge on any atom is -0.460 e. The fourth-order valence-electron chi connectivity index (χ4n) is 3.82. The zero-order valence-corrected chi connectivity index (χ0v) is 19.9. The molecule has 0 atom stereocenters. The fraction of sp³-hybridized carbons (Fsp3) is 0.407. The predicted octanol–water partition coefficient (Wildman–Crippen LogP) is 3.69. The second kappa shape index (κ2) is 14.9. The molecule has 8 nitrogen and oxygen atoms in total. The maximum Gasteiger partial charge on any atom is 0.407 e. The normalized spacial score (nSPS) is 12.0. The van der Waals surface area contributed by atoms with Gasteiger partial charge in [-0.15, -0.1) is 0 Å². The smallest absolute Gasteiger partial charge is 0.407 e. The van der Waals surface area contributed by atoms with Gasteiger partial charge in [-0.1, -0.05) is 55.1 Å². The van der Waals surface area contributed by atoms with Crippen LogP contribution in [0.2, 0.25) is 0 Å². The molecule has 1 amide bonds. The van der Waals surface area contributed by atoms with Gasteiger partial charge in [-0.25, -0.2) is 9.59 Å². The van der Waals surface area contributed by atoms with Crippen molar-refractivity contribution in [3.63, 3.8) is 0 Å². The molecule has 2 aromatic rings. The summed E-state index contributed by atoms with van der Waals surface area (Å²) in [7, 11) is 0. The van der Waals surface area contributed by atoms with Crippen LogP contribution in [0.1, 0.15) is 23.5 Å². The van der Waals surface area contributed by atoms with Crippen molar-refractivity contribution < 1.29 is 33.3 Å². The van der Waals surface area contributed by atoms with Crippen LogP contribution < -0.4 is 5.32 Å². The summed E-state index contributed by atoms with van der Waals surface area (Å²) in [4.78, 5) is 23.0. The van der Waals surface area contributed by atoms with Crippen molar-refractivity contribution >= 4 is 12.1 Å². The number of alkyl carbamates (subject to hydrolysis) is 1. The molecular weight excluding hydrogens is 450 g/mol. The van der Waals surface area contributed by atoms with Gasteiger partial charge in [0.15, 0.2) is 0 Å². The lowest BCUT2D eigenvalue weighted by Crippen LogP contribution is -2.27. The maximum atomic E-state index is 12.1. The van der Waals surface area contributed by atoms with Crippen LogP contribution in [0.4, 0.5) is 4.79 Å². The average molecular weight is 484 g/mol. The van der Waals surface area contributed by atoms with E-state index in [0.29, 0.717) is 59.2 Å². The summed E-state index contributed by atoms with van der Waals surface area (Å²) in [6.45, 7) is 6.87. The Balaban J connectivity index is 1.17. The molecular formula is C27H33NO7. The minimum absolute atomic E-state index is 0.0525. The largest absolute Gasteiger partial charge is 0.460 e. The second-order valence-electron chi connectivity index (χ2n) is 7.81. The Labute approximate surface area is 206 Å². The summed E-state index contributed by atoms with van der Waals surface area (Å²) in [6.07, 6.45) is 1.37. The first-order chi connectivity index (χ1) is 17.2. The highest BCUT2D eigenvalue weighted by Crippen LogP contribution is 2.44. The van der Waals surface area contributed by atoms with E-state index >= 15 is 0 Å². The third-order valence-corrected chi connectivity index (χ3v) is 5.46. The number of fused-ring (bicyclic) bond motifs is 3. The highest BCUT2D eigenvalue weighted by molar-refractivity contribution is 5.81. The van der Waals surface area contributed by atoms with Crippen molar-refractivity contribution in [3.8, 4) is 11.1 Å². The molecule has 0 fully saturated rings. The number of amides is 1. The molecule has 0 radical (unpaired) electrons. The molecule has 3 rings (SSSR count). The molecule has 0 unspecified atom stereocenters. The van der Waals surface area contributed by atoms with E-state index < -0.39 is 12.1 Å². The van der Waals surface area contributed by atoms with Crippen molar-refractivity contribution in [2.24, 2.45) is 0 Å². The lowest BCUT2D eigenvalue weighted by molar-refractivity contribution is -0.139. The molecule has 188 valence electrons. The second-order valence-corrected chi connectivity index (χ2v) is 7.81. The minimum atomic E-state index is -0.463. The number of carbonyl (C=O) groups is 2. The highest BCUT2D eigenvalue weighted by Gasteiger charge is 2.28. The molecule has 0 aliphatic heterocycles. The molecule has 0 heterocycles. The van der Waals surface area contributed by atoms with Gasteiger partial charge in [-0.05, 0) is 28.7 Å². The quantitative estimate of drug-likeness (QED) is 0.221. The Kier molecular flexibility index (Phi) is 11.3. The van der Waals surface area contributed by atoms with Gasteiger partial charge < -0.3 is 29.0 Å². The van der Waals surface area contributed by atoms with Crippen molar-refractivity contribution in [1.29, 1.82) is 0 Å². The molecule has 8 heteroatoms. The van der Waals surface area contributed by atoms with Crippen LogP contribution in [0, 0.1) is 0 Å². The first kappa shape index (κ1) is 26.4. The molecule has 1 N–H and O–H groups in total. The number of hydrogen-bond donors (Lipinski definition) is 1. The fourth-order valence-corrected chi connectivity index (χ4v) is 3.82. The van der Waals surface area contributed by atoms with E-state index in [1.807, 2.05) is 24.3 Å². The molecule has 1 aliphatic carbocycles. The van der Waals surface area contributed by atoms with Crippen LogP contribution in [-0.2, 0) is 28.5 Å². The first-order valence-corrected chi connectivity index (χ1v) is 11.8. The molecule has 0 bridgehead atoms. The average Bonchev–Trinajstić information content (AvgIpc) is 3.21. The van der Waals surface area contributed by atoms with Crippen LogP contribution in [0.5, 0.6) is 0 Å². The molecule has 0 saturated carbocycles. The van der Waals surface area contributed by atoms with Crippen molar-refractivity contribution in [1.82, 2.24) is 5.32 Å². The van der Waals surface area contributed by atoms with Gasteiger partial charge in [0, 0.05) is 25.1 Å². The Morgan fingerprint density at radius 3 is 1.91 bits per heavy atom. The van der Waals surface area contributed by atoms with E-state index in [2.05, 4.69) is 36.2 Å². The number of ether oxygens (including phenoxy) is 5. The van der Waals surface area contributed by atoms with Crippen LogP contribution >= 0.6 is 0 Å².